The van der Waals surface area contributed by atoms with Crippen LogP contribution in [-0.4, -0.2) is 26.8 Å². The summed E-state index contributed by atoms with van der Waals surface area (Å²) in [4.78, 5) is 38.5. The number of anilines is 2. The van der Waals surface area contributed by atoms with Crippen LogP contribution in [0.1, 0.15) is 17.5 Å². The van der Waals surface area contributed by atoms with Crippen molar-refractivity contribution >= 4 is 23.1 Å². The molecule has 2 aliphatic rings. The Balaban J connectivity index is 1.64. The van der Waals surface area contributed by atoms with Crippen LogP contribution in [0.5, 0.6) is 0 Å². The fourth-order valence-corrected chi connectivity index (χ4v) is 3.08. The fourth-order valence-electron chi connectivity index (χ4n) is 3.08. The maximum Gasteiger partial charge on any atom is 0.416 e. The molecule has 3 heterocycles. The van der Waals surface area contributed by atoms with Crippen LogP contribution < -0.4 is 27.3 Å². The zero-order valence-corrected chi connectivity index (χ0v) is 14.3. The Morgan fingerprint density at radius 1 is 1.14 bits per heavy atom. The third-order valence-corrected chi connectivity index (χ3v) is 4.64. The highest BCUT2D eigenvalue weighted by Crippen LogP contribution is 2.32. The molecule has 146 valence electrons. The van der Waals surface area contributed by atoms with Crippen LogP contribution in [0.15, 0.2) is 39.0 Å². The molecule has 4 rings (SSSR count). The van der Waals surface area contributed by atoms with Crippen molar-refractivity contribution in [3.05, 3.63) is 56.2 Å². The molecule has 1 aromatic carbocycles. The van der Waals surface area contributed by atoms with Crippen LogP contribution >= 0.6 is 0 Å². The van der Waals surface area contributed by atoms with Gasteiger partial charge in [-0.3, -0.25) is 24.6 Å². The predicted octanol–water partition coefficient (Wildman–Crippen LogP) is 0.550. The highest BCUT2D eigenvalue weighted by Gasteiger charge is 2.48. The van der Waals surface area contributed by atoms with E-state index in [-0.39, 0.29) is 17.9 Å². The van der Waals surface area contributed by atoms with Crippen LogP contribution in [0.25, 0.3) is 0 Å². The maximum absolute atomic E-state index is 12.7. The number of halogens is 3. The number of rotatable bonds is 1. The number of hydrogen-bond acceptors (Lipinski definition) is 6. The van der Waals surface area contributed by atoms with Gasteiger partial charge in [0.2, 0.25) is 5.66 Å². The molecule has 0 aliphatic carbocycles. The van der Waals surface area contributed by atoms with Crippen molar-refractivity contribution in [2.24, 2.45) is 12.1 Å². The Bertz CT molecular complexity index is 1130. The number of hydrogen-bond donors (Lipinski definition) is 4. The molecule has 12 heteroatoms. The summed E-state index contributed by atoms with van der Waals surface area (Å²) in [5.74, 6) is -0.583. The van der Waals surface area contributed by atoms with E-state index in [0.717, 1.165) is 16.7 Å². The van der Waals surface area contributed by atoms with Crippen molar-refractivity contribution in [1.82, 2.24) is 15.0 Å². The molecule has 28 heavy (non-hydrogen) atoms. The number of fused-ring (bicyclic) bond motifs is 1. The van der Waals surface area contributed by atoms with Gasteiger partial charge in [-0.25, -0.2) is 4.79 Å². The molecule has 0 fully saturated rings. The van der Waals surface area contributed by atoms with Gasteiger partial charge in [0.05, 0.1) is 11.3 Å². The summed E-state index contributed by atoms with van der Waals surface area (Å²) in [6.07, 6.45) is -4.49. The van der Waals surface area contributed by atoms with Gasteiger partial charge in [-0.15, -0.1) is 0 Å². The van der Waals surface area contributed by atoms with Gasteiger partial charge in [0, 0.05) is 13.5 Å². The minimum Gasteiger partial charge on any atom is -0.346 e. The zero-order valence-electron chi connectivity index (χ0n) is 14.3. The van der Waals surface area contributed by atoms with E-state index in [1.54, 1.807) is 0 Å². The molecule has 1 aromatic heterocycles. The van der Waals surface area contributed by atoms with E-state index in [0.29, 0.717) is 11.3 Å². The number of hydrazone groups is 1. The highest BCUT2D eigenvalue weighted by atomic mass is 19.4. The predicted molar refractivity (Wildman–Crippen MR) is 93.0 cm³/mol. The zero-order chi connectivity index (χ0) is 20.3. The van der Waals surface area contributed by atoms with Crippen molar-refractivity contribution in [2.45, 2.75) is 18.3 Å². The van der Waals surface area contributed by atoms with Gasteiger partial charge in [0.15, 0.2) is 0 Å². The molecule has 1 atom stereocenters. The van der Waals surface area contributed by atoms with Crippen LogP contribution in [0.2, 0.25) is 0 Å². The monoisotopic (exact) mass is 394 g/mol. The van der Waals surface area contributed by atoms with E-state index in [4.69, 9.17) is 0 Å². The first-order chi connectivity index (χ1) is 13.1. The number of aromatic amines is 1. The van der Waals surface area contributed by atoms with Crippen molar-refractivity contribution in [1.29, 1.82) is 0 Å². The molecule has 2 aromatic rings. The second kappa shape index (κ2) is 5.71. The van der Waals surface area contributed by atoms with Gasteiger partial charge in [0.1, 0.15) is 11.5 Å². The normalized spacial score (nSPS) is 20.9. The summed E-state index contributed by atoms with van der Waals surface area (Å²) < 4.78 is 39.2. The maximum atomic E-state index is 12.7. The summed E-state index contributed by atoms with van der Waals surface area (Å²) in [7, 11) is 1.38. The number of H-pyrrole nitrogens is 1. The molecule has 1 unspecified atom stereocenters. The first-order valence-electron chi connectivity index (χ1n) is 8.05. The van der Waals surface area contributed by atoms with E-state index in [1.165, 1.54) is 19.2 Å². The molecule has 1 spiro atoms. The van der Waals surface area contributed by atoms with Gasteiger partial charge in [-0.2, -0.15) is 18.3 Å². The van der Waals surface area contributed by atoms with E-state index >= 15 is 0 Å². The molecular formula is C16H13F3N6O3. The Morgan fingerprint density at radius 3 is 2.46 bits per heavy atom. The Hall–Kier alpha value is -3.57. The molecule has 2 aliphatic heterocycles. The number of aromatic nitrogens is 2. The van der Waals surface area contributed by atoms with Crippen molar-refractivity contribution < 1.29 is 18.0 Å². The van der Waals surface area contributed by atoms with Gasteiger partial charge < -0.3 is 10.6 Å². The third kappa shape index (κ3) is 2.64. The quantitative estimate of drug-likeness (QED) is 0.563. The summed E-state index contributed by atoms with van der Waals surface area (Å²) in [6.45, 7) is 0. The number of nitrogens with one attached hydrogen (secondary N) is 4. The molecule has 0 saturated heterocycles. The van der Waals surface area contributed by atoms with Crippen molar-refractivity contribution in [2.75, 3.05) is 10.6 Å². The van der Waals surface area contributed by atoms with E-state index in [1.807, 2.05) is 0 Å². The van der Waals surface area contributed by atoms with Gasteiger partial charge in [-0.05, 0) is 17.7 Å². The number of carbonyl (C=O) groups is 1. The number of carbonyl (C=O) groups excluding carboxylic acids is 1. The smallest absolute Gasteiger partial charge is 0.346 e. The third-order valence-electron chi connectivity index (χ3n) is 4.64. The van der Waals surface area contributed by atoms with Crippen molar-refractivity contribution in [3.63, 3.8) is 0 Å². The first kappa shape index (κ1) is 17.8. The summed E-state index contributed by atoms with van der Waals surface area (Å²) >= 11 is 0. The van der Waals surface area contributed by atoms with Crippen LogP contribution in [0, 0.1) is 0 Å². The largest absolute Gasteiger partial charge is 0.416 e. The lowest BCUT2D eigenvalue weighted by atomic mass is 9.96. The highest BCUT2D eigenvalue weighted by molar-refractivity contribution is 6.12. The number of amides is 1. The van der Waals surface area contributed by atoms with Crippen LogP contribution in [-0.2, 0) is 18.0 Å². The minimum atomic E-state index is -4.46. The topological polar surface area (TPSA) is 120 Å². The minimum absolute atomic E-state index is 0.00848. The van der Waals surface area contributed by atoms with E-state index in [2.05, 4.69) is 26.1 Å². The second-order valence-electron chi connectivity index (χ2n) is 6.45. The SMILES string of the molecule is Cn1c2c(c(=O)[nH]c1=O)NC1(CC(c3ccc(C(F)(F)F)cc3)=NN1)C(=O)N2. The molecule has 9 nitrogen and oxygen atoms in total. The Morgan fingerprint density at radius 2 is 1.82 bits per heavy atom. The van der Waals surface area contributed by atoms with Gasteiger partial charge in [-0.1, -0.05) is 12.1 Å². The second-order valence-corrected chi connectivity index (χ2v) is 6.45. The molecule has 0 radical (unpaired) electrons. The lowest BCUT2D eigenvalue weighted by Crippen LogP contribution is -2.61. The van der Waals surface area contributed by atoms with E-state index in [9.17, 15) is 27.6 Å². The lowest BCUT2D eigenvalue weighted by Gasteiger charge is -2.34. The van der Waals surface area contributed by atoms with Crippen LogP contribution in [0.3, 0.4) is 0 Å². The Labute approximate surface area is 154 Å². The number of nitrogens with zero attached hydrogens (tertiary/aromatic N) is 2. The number of alkyl halides is 3. The molecule has 0 bridgehead atoms. The summed E-state index contributed by atoms with van der Waals surface area (Å²) in [5.41, 5.74) is -0.395. The first-order valence-corrected chi connectivity index (χ1v) is 8.05. The standard InChI is InChI=1S/C16H13F3N6O3/c1-25-11-10(12(26)21-14(25)28)22-15(13(27)20-11)6-9(23-24-15)7-2-4-8(5-3-7)16(17,18)19/h2-5,22,24H,6H2,1H3,(H,20,27)(H,21,26,28). The van der Waals surface area contributed by atoms with Crippen LogP contribution in [0.4, 0.5) is 24.7 Å². The van der Waals surface area contributed by atoms with Gasteiger partial charge in [0.25, 0.3) is 11.5 Å². The Kier molecular flexibility index (Phi) is 3.64. The molecule has 4 N–H and O–H groups in total. The average Bonchev–Trinajstić information content (AvgIpc) is 3.06. The van der Waals surface area contributed by atoms with Gasteiger partial charge >= 0.3 is 11.9 Å². The lowest BCUT2D eigenvalue weighted by molar-refractivity contribution is -0.137. The number of benzene rings is 1. The molecule has 1 amide bonds. The summed E-state index contributed by atoms with van der Waals surface area (Å²) in [6, 6.07) is 4.36. The fraction of sp³-hybridized carbons (Fsp3) is 0.250. The van der Waals surface area contributed by atoms with E-state index < -0.39 is 34.6 Å². The van der Waals surface area contributed by atoms with Crippen molar-refractivity contribution in [3.8, 4) is 0 Å². The average molecular weight is 394 g/mol. The molecule has 0 saturated carbocycles. The molecular weight excluding hydrogens is 381 g/mol. The summed E-state index contributed by atoms with van der Waals surface area (Å²) in [5, 5.41) is 9.32.